The minimum Gasteiger partial charge on any atom is -0.481 e. The number of hydrogen-bond donors (Lipinski definition) is 3. The molecule has 24 heavy (non-hydrogen) atoms. The third-order valence-electron chi connectivity index (χ3n) is 4.18. The summed E-state index contributed by atoms with van der Waals surface area (Å²) in [6, 6.07) is 8.85. The second-order valence-corrected chi connectivity index (χ2v) is 6.19. The van der Waals surface area contributed by atoms with E-state index in [1.54, 1.807) is 0 Å². The SMILES string of the molecule is O=C(O)CCC(Cc1ccccc1)NC(=O)C1CCCCC(=O)N1. The van der Waals surface area contributed by atoms with Crippen LogP contribution in [-0.4, -0.2) is 35.0 Å². The van der Waals surface area contributed by atoms with Gasteiger partial charge in [0.2, 0.25) is 11.8 Å². The first kappa shape index (κ1) is 18.0. The van der Waals surface area contributed by atoms with Gasteiger partial charge in [0, 0.05) is 18.9 Å². The highest BCUT2D eigenvalue weighted by Crippen LogP contribution is 2.12. The minimum atomic E-state index is -0.884. The first-order chi connectivity index (χ1) is 11.5. The predicted octanol–water partition coefficient (Wildman–Crippen LogP) is 1.64. The first-order valence-electron chi connectivity index (χ1n) is 8.40. The molecular formula is C18H24N2O4. The van der Waals surface area contributed by atoms with Crippen LogP contribution < -0.4 is 10.6 Å². The Hall–Kier alpha value is -2.37. The van der Waals surface area contributed by atoms with Crippen molar-refractivity contribution in [1.29, 1.82) is 0 Å². The molecule has 2 amide bonds. The maximum atomic E-state index is 12.5. The van der Waals surface area contributed by atoms with E-state index in [1.807, 2.05) is 30.3 Å². The molecule has 2 rings (SSSR count). The molecule has 0 radical (unpaired) electrons. The third-order valence-corrected chi connectivity index (χ3v) is 4.18. The Morgan fingerprint density at radius 3 is 2.71 bits per heavy atom. The van der Waals surface area contributed by atoms with Gasteiger partial charge in [-0.2, -0.15) is 0 Å². The number of carboxylic acids is 1. The molecule has 1 heterocycles. The molecule has 0 saturated carbocycles. The summed E-state index contributed by atoms with van der Waals surface area (Å²) in [6.45, 7) is 0. The number of benzene rings is 1. The normalized spacial score (nSPS) is 19.0. The van der Waals surface area contributed by atoms with Gasteiger partial charge in [0.1, 0.15) is 6.04 Å². The summed E-state index contributed by atoms with van der Waals surface area (Å²) >= 11 is 0. The van der Waals surface area contributed by atoms with Crippen molar-refractivity contribution in [2.75, 3.05) is 0 Å². The molecule has 1 aromatic rings. The molecule has 1 aromatic carbocycles. The molecule has 1 saturated heterocycles. The molecule has 6 heteroatoms. The topological polar surface area (TPSA) is 95.5 Å². The maximum Gasteiger partial charge on any atom is 0.303 e. The Balaban J connectivity index is 1.98. The zero-order valence-corrected chi connectivity index (χ0v) is 13.7. The molecule has 1 aliphatic rings. The van der Waals surface area contributed by atoms with Crippen molar-refractivity contribution >= 4 is 17.8 Å². The summed E-state index contributed by atoms with van der Waals surface area (Å²) in [7, 11) is 0. The van der Waals surface area contributed by atoms with Crippen LogP contribution in [0.4, 0.5) is 0 Å². The predicted molar refractivity (Wildman–Crippen MR) is 89.3 cm³/mol. The summed E-state index contributed by atoms with van der Waals surface area (Å²) in [5.74, 6) is -1.21. The standard InChI is InChI=1S/C18H24N2O4/c21-16-9-5-4-8-15(20-16)18(24)19-14(10-11-17(22)23)12-13-6-2-1-3-7-13/h1-3,6-7,14-15H,4-5,8-12H2,(H,19,24)(H,20,21)(H,22,23). The molecule has 0 bridgehead atoms. The molecule has 0 aliphatic carbocycles. The zero-order valence-electron chi connectivity index (χ0n) is 13.7. The summed E-state index contributed by atoms with van der Waals surface area (Å²) < 4.78 is 0. The lowest BCUT2D eigenvalue weighted by atomic mass is 10.0. The van der Waals surface area contributed by atoms with Crippen LogP contribution in [0, 0.1) is 0 Å². The second-order valence-electron chi connectivity index (χ2n) is 6.19. The lowest BCUT2D eigenvalue weighted by Gasteiger charge is -2.22. The van der Waals surface area contributed by atoms with Crippen molar-refractivity contribution in [3.05, 3.63) is 35.9 Å². The molecule has 0 spiro atoms. The van der Waals surface area contributed by atoms with Crippen LogP contribution in [0.2, 0.25) is 0 Å². The number of aliphatic carboxylic acids is 1. The van der Waals surface area contributed by atoms with E-state index in [2.05, 4.69) is 10.6 Å². The fraction of sp³-hybridized carbons (Fsp3) is 0.500. The summed E-state index contributed by atoms with van der Waals surface area (Å²) in [5, 5.41) is 14.6. The van der Waals surface area contributed by atoms with Crippen molar-refractivity contribution in [1.82, 2.24) is 10.6 Å². The van der Waals surface area contributed by atoms with Gasteiger partial charge in [-0.15, -0.1) is 0 Å². The van der Waals surface area contributed by atoms with E-state index < -0.39 is 12.0 Å². The quantitative estimate of drug-likeness (QED) is 0.707. The van der Waals surface area contributed by atoms with Crippen LogP contribution in [0.25, 0.3) is 0 Å². The highest BCUT2D eigenvalue weighted by Gasteiger charge is 2.25. The van der Waals surface area contributed by atoms with Gasteiger partial charge in [-0.1, -0.05) is 36.8 Å². The maximum absolute atomic E-state index is 12.5. The van der Waals surface area contributed by atoms with Gasteiger partial charge in [-0.3, -0.25) is 14.4 Å². The van der Waals surface area contributed by atoms with Crippen LogP contribution in [0.3, 0.4) is 0 Å². The lowest BCUT2D eigenvalue weighted by molar-refractivity contribution is -0.137. The molecule has 6 nitrogen and oxygen atoms in total. The molecule has 2 unspecified atom stereocenters. The van der Waals surface area contributed by atoms with Gasteiger partial charge in [-0.05, 0) is 31.2 Å². The van der Waals surface area contributed by atoms with Crippen molar-refractivity contribution in [2.45, 2.75) is 57.0 Å². The number of carbonyl (C=O) groups excluding carboxylic acids is 2. The molecule has 3 N–H and O–H groups in total. The second kappa shape index (κ2) is 9.05. The van der Waals surface area contributed by atoms with Crippen molar-refractivity contribution in [2.24, 2.45) is 0 Å². The average molecular weight is 332 g/mol. The van der Waals surface area contributed by atoms with E-state index in [4.69, 9.17) is 5.11 Å². The summed E-state index contributed by atoms with van der Waals surface area (Å²) in [5.41, 5.74) is 1.04. The lowest BCUT2D eigenvalue weighted by Crippen LogP contribution is -2.49. The Bertz CT molecular complexity index is 574. The van der Waals surface area contributed by atoms with Crippen molar-refractivity contribution in [3.63, 3.8) is 0 Å². The van der Waals surface area contributed by atoms with Crippen molar-refractivity contribution in [3.8, 4) is 0 Å². The molecule has 1 fully saturated rings. The fourth-order valence-corrected chi connectivity index (χ4v) is 2.89. The molecule has 130 valence electrons. The molecular weight excluding hydrogens is 308 g/mol. The van der Waals surface area contributed by atoms with E-state index in [0.717, 1.165) is 18.4 Å². The number of carbonyl (C=O) groups is 3. The van der Waals surface area contributed by atoms with Gasteiger partial charge in [0.25, 0.3) is 0 Å². The molecule has 2 atom stereocenters. The number of carboxylic acid groups (broad SMARTS) is 1. The number of amides is 2. The Kier molecular flexibility index (Phi) is 6.78. The van der Waals surface area contributed by atoms with E-state index in [-0.39, 0.29) is 24.3 Å². The summed E-state index contributed by atoms with van der Waals surface area (Å²) in [4.78, 5) is 35.0. The number of hydrogen-bond acceptors (Lipinski definition) is 3. The van der Waals surface area contributed by atoms with Crippen LogP contribution in [0.1, 0.15) is 44.1 Å². The van der Waals surface area contributed by atoms with Crippen LogP contribution >= 0.6 is 0 Å². The Labute approximate surface area is 141 Å². The first-order valence-corrected chi connectivity index (χ1v) is 8.40. The van der Waals surface area contributed by atoms with Crippen LogP contribution in [-0.2, 0) is 20.8 Å². The van der Waals surface area contributed by atoms with E-state index in [9.17, 15) is 14.4 Å². The minimum absolute atomic E-state index is 0.00515. The Morgan fingerprint density at radius 1 is 1.25 bits per heavy atom. The van der Waals surface area contributed by atoms with E-state index in [1.165, 1.54) is 0 Å². The zero-order chi connectivity index (χ0) is 17.4. The number of rotatable bonds is 7. The molecule has 0 aromatic heterocycles. The highest BCUT2D eigenvalue weighted by atomic mass is 16.4. The Morgan fingerprint density at radius 2 is 2.00 bits per heavy atom. The third kappa shape index (κ3) is 6.02. The van der Waals surface area contributed by atoms with Gasteiger partial charge >= 0.3 is 5.97 Å². The van der Waals surface area contributed by atoms with Gasteiger partial charge in [0.15, 0.2) is 0 Å². The van der Waals surface area contributed by atoms with Gasteiger partial charge in [-0.25, -0.2) is 0 Å². The average Bonchev–Trinajstić information content (AvgIpc) is 2.78. The monoisotopic (exact) mass is 332 g/mol. The summed E-state index contributed by atoms with van der Waals surface area (Å²) in [6.07, 6.45) is 3.62. The fourth-order valence-electron chi connectivity index (χ4n) is 2.89. The molecule has 1 aliphatic heterocycles. The van der Waals surface area contributed by atoms with E-state index in [0.29, 0.717) is 25.7 Å². The van der Waals surface area contributed by atoms with Gasteiger partial charge in [0.05, 0.1) is 0 Å². The highest BCUT2D eigenvalue weighted by molar-refractivity contribution is 5.88. The van der Waals surface area contributed by atoms with Gasteiger partial charge < -0.3 is 15.7 Å². The smallest absolute Gasteiger partial charge is 0.303 e. The van der Waals surface area contributed by atoms with Crippen LogP contribution in [0.15, 0.2) is 30.3 Å². The van der Waals surface area contributed by atoms with Crippen molar-refractivity contribution < 1.29 is 19.5 Å². The van der Waals surface area contributed by atoms with E-state index >= 15 is 0 Å². The number of nitrogens with one attached hydrogen (secondary N) is 2. The largest absolute Gasteiger partial charge is 0.481 e. The van der Waals surface area contributed by atoms with Crippen LogP contribution in [0.5, 0.6) is 0 Å².